The highest BCUT2D eigenvalue weighted by molar-refractivity contribution is 6.23. The Balaban J connectivity index is 1.17. The normalized spacial score (nSPS) is 22.9. The standard InChI is InChI=1S/C63H60N4O13/c1-76-51-36-45-28-32-64(38-46(45)37-52(51)77-2)58(69)53-55-59(70)80-56(43-15-9-6-10-16-43)54(42-13-7-5-8-14-42)66(55)57(44-20-24-48(25-21-44)78-34-33-68)63(53)49-35-40(27-31-62(73)29-11-3-4-12-30-62)19-26-50(49)65(60(63)71)61(72)79-39-41-17-22-47(23-18-41)67(74)75/h5-10,13-26,35-37,53-57,68,73H,3-4,11-12,28-30,32-34,38-39H2,1-2H3/t53-,54-,55-,56+,57+,63-/m0/s1. The van der Waals surface area contributed by atoms with E-state index in [9.17, 15) is 20.3 Å². The van der Waals surface area contributed by atoms with Gasteiger partial charge in [-0.1, -0.05) is 97.5 Å². The number of carbonyl (C=O) groups excluding carboxylic acids is 4. The lowest BCUT2D eigenvalue weighted by Crippen LogP contribution is -2.57. The van der Waals surface area contributed by atoms with Crippen LogP contribution in [0.4, 0.5) is 16.2 Å². The quantitative estimate of drug-likeness (QED) is 0.0386. The second-order valence-corrected chi connectivity index (χ2v) is 20.9. The van der Waals surface area contributed by atoms with Gasteiger partial charge in [-0.2, -0.15) is 0 Å². The Hall–Kier alpha value is -8.56. The number of aliphatic hydroxyl groups excluding tert-OH is 1. The lowest BCUT2D eigenvalue weighted by Gasteiger charge is -2.46. The van der Waals surface area contributed by atoms with Crippen LogP contribution >= 0.6 is 0 Å². The molecule has 6 aromatic carbocycles. The predicted molar refractivity (Wildman–Crippen MR) is 292 cm³/mol. The van der Waals surface area contributed by atoms with Gasteiger partial charge in [0.25, 0.3) is 5.69 Å². The van der Waals surface area contributed by atoms with E-state index in [-0.39, 0.29) is 49.8 Å². The molecule has 2 saturated heterocycles. The van der Waals surface area contributed by atoms with E-state index in [1.165, 1.54) is 31.4 Å². The molecule has 0 radical (unpaired) electrons. The number of aliphatic hydroxyl groups is 2. The zero-order valence-corrected chi connectivity index (χ0v) is 44.3. The minimum atomic E-state index is -2.16. The van der Waals surface area contributed by atoms with Crippen molar-refractivity contribution in [2.24, 2.45) is 5.92 Å². The fraction of sp³-hybridized carbons (Fsp3) is 0.333. The van der Waals surface area contributed by atoms with E-state index in [2.05, 4.69) is 11.8 Å². The van der Waals surface area contributed by atoms with Gasteiger partial charge in [-0.05, 0) is 126 Å². The topological polar surface area (TPSA) is 208 Å². The molecule has 80 heavy (non-hydrogen) atoms. The number of hydrogen-bond acceptors (Lipinski definition) is 14. The fourth-order valence-corrected chi connectivity index (χ4v) is 12.7. The summed E-state index contributed by atoms with van der Waals surface area (Å²) in [6.45, 7) is -0.399. The van der Waals surface area contributed by atoms with E-state index in [0.717, 1.165) is 41.7 Å². The molecular weight excluding hydrogens is 1020 g/mol. The number of nitro groups is 1. The van der Waals surface area contributed by atoms with Crippen molar-refractivity contribution in [2.45, 2.75) is 93.3 Å². The molecule has 11 rings (SSSR count). The molecule has 0 aromatic heterocycles. The lowest BCUT2D eigenvalue weighted by molar-refractivity contribution is -0.384. The molecule has 0 unspecified atom stereocenters. The Morgan fingerprint density at radius 2 is 1.45 bits per heavy atom. The number of rotatable bonds is 12. The monoisotopic (exact) mass is 1080 g/mol. The summed E-state index contributed by atoms with van der Waals surface area (Å²) in [6, 6.07) is 36.2. The summed E-state index contributed by atoms with van der Waals surface area (Å²) in [5.74, 6) is 4.00. The van der Waals surface area contributed by atoms with Crippen LogP contribution < -0.4 is 19.1 Å². The third-order valence-corrected chi connectivity index (χ3v) is 16.4. The number of carbonyl (C=O) groups is 4. The van der Waals surface area contributed by atoms with Gasteiger partial charge >= 0.3 is 12.1 Å². The van der Waals surface area contributed by atoms with Crippen LogP contribution in [0.15, 0.2) is 140 Å². The number of cyclic esters (lactones) is 1. The molecule has 17 nitrogen and oxygen atoms in total. The first-order chi connectivity index (χ1) is 38.9. The van der Waals surface area contributed by atoms with Gasteiger partial charge in [0.15, 0.2) is 11.5 Å². The number of esters is 1. The highest BCUT2D eigenvalue weighted by Crippen LogP contribution is 2.66. The number of nitro benzene ring substituents is 1. The first-order valence-electron chi connectivity index (χ1n) is 27.0. The number of non-ortho nitro benzene ring substituents is 1. The summed E-state index contributed by atoms with van der Waals surface area (Å²) in [4.78, 5) is 80.2. The fourth-order valence-electron chi connectivity index (χ4n) is 12.7. The third-order valence-electron chi connectivity index (χ3n) is 16.4. The summed E-state index contributed by atoms with van der Waals surface area (Å²) in [5.41, 5.74) is 1.00. The number of methoxy groups -OCH3 is 2. The largest absolute Gasteiger partial charge is 0.493 e. The Kier molecular flexibility index (Phi) is 14.9. The Morgan fingerprint density at radius 1 is 0.787 bits per heavy atom. The minimum absolute atomic E-state index is 0.00245. The Morgan fingerprint density at radius 3 is 2.10 bits per heavy atom. The van der Waals surface area contributed by atoms with Crippen molar-refractivity contribution >= 4 is 35.3 Å². The molecular formula is C63H60N4O13. The molecule has 6 atom stereocenters. The summed E-state index contributed by atoms with van der Waals surface area (Å²) in [7, 11) is 3.08. The second kappa shape index (κ2) is 22.3. The Bertz CT molecular complexity index is 3390. The molecule has 2 N–H and O–H groups in total. The van der Waals surface area contributed by atoms with Crippen molar-refractivity contribution in [3.05, 3.63) is 194 Å². The highest BCUT2D eigenvalue weighted by Gasteiger charge is 2.76. The van der Waals surface area contributed by atoms with E-state index >= 15 is 19.2 Å². The van der Waals surface area contributed by atoms with Gasteiger partial charge in [-0.15, -0.1) is 0 Å². The van der Waals surface area contributed by atoms with Gasteiger partial charge < -0.3 is 38.8 Å². The van der Waals surface area contributed by atoms with E-state index in [4.69, 9.17) is 23.7 Å². The number of imide groups is 1. The van der Waals surface area contributed by atoms with Gasteiger partial charge in [0, 0.05) is 30.8 Å². The van der Waals surface area contributed by atoms with Crippen LogP contribution in [-0.4, -0.2) is 94.4 Å². The number of benzene rings is 6. The maximum atomic E-state index is 17.0. The number of morpholine rings is 1. The van der Waals surface area contributed by atoms with Crippen LogP contribution in [0.1, 0.15) is 101 Å². The van der Waals surface area contributed by atoms with E-state index < -0.39 is 70.0 Å². The van der Waals surface area contributed by atoms with Gasteiger partial charge in [-0.25, -0.2) is 9.69 Å². The van der Waals surface area contributed by atoms with Crippen LogP contribution in [0.25, 0.3) is 0 Å². The molecule has 17 heteroatoms. The molecule has 1 aliphatic carbocycles. The maximum Gasteiger partial charge on any atom is 0.421 e. The van der Waals surface area contributed by atoms with Gasteiger partial charge in [0.05, 0.1) is 49.4 Å². The van der Waals surface area contributed by atoms with Crippen molar-refractivity contribution in [3.8, 4) is 29.1 Å². The van der Waals surface area contributed by atoms with Crippen molar-refractivity contribution in [1.29, 1.82) is 0 Å². The number of nitrogens with zero attached hydrogens (tertiary/aromatic N) is 4. The van der Waals surface area contributed by atoms with Crippen molar-refractivity contribution in [2.75, 3.05) is 38.9 Å². The summed E-state index contributed by atoms with van der Waals surface area (Å²) in [6.07, 6.45) is 2.76. The smallest absolute Gasteiger partial charge is 0.421 e. The SMILES string of the molecule is COc1cc2c(cc1OC)CN(C(=O)[C@@H]1[C@H]3C(=O)O[C@H](c4ccccc4)[C@H](c4ccccc4)N3[C@H](c3ccc(OCCO)cc3)[C@@]13C(=O)N(C(=O)OCc1ccc([N+](=O)[O-])cc1)c1ccc(C#CC4(O)CCCCCC4)cc13)CC2. The van der Waals surface area contributed by atoms with Crippen molar-refractivity contribution < 1.29 is 58.0 Å². The number of hydrogen-bond donors (Lipinski definition) is 2. The summed E-state index contributed by atoms with van der Waals surface area (Å²) < 4.78 is 29.9. The van der Waals surface area contributed by atoms with Crippen LogP contribution in [0.2, 0.25) is 0 Å². The second-order valence-electron chi connectivity index (χ2n) is 20.9. The number of fused-ring (bicyclic) bond motifs is 4. The highest BCUT2D eigenvalue weighted by atomic mass is 16.6. The molecule has 6 aromatic rings. The molecule has 1 saturated carbocycles. The maximum absolute atomic E-state index is 17.0. The van der Waals surface area contributed by atoms with Crippen LogP contribution in [0, 0.1) is 27.9 Å². The van der Waals surface area contributed by atoms with Crippen molar-refractivity contribution in [1.82, 2.24) is 9.80 Å². The Labute approximate surface area is 462 Å². The van der Waals surface area contributed by atoms with Crippen LogP contribution in [0.3, 0.4) is 0 Å². The third kappa shape index (κ3) is 9.67. The molecule has 4 heterocycles. The average Bonchev–Trinajstić information content (AvgIpc) is 4.08. The van der Waals surface area contributed by atoms with Gasteiger partial charge in [0.2, 0.25) is 11.8 Å². The molecule has 3 amide bonds. The number of amides is 3. The van der Waals surface area contributed by atoms with E-state index in [1.807, 2.05) is 77.7 Å². The van der Waals surface area contributed by atoms with Gasteiger partial charge in [0.1, 0.15) is 42.1 Å². The number of anilines is 1. The molecule has 410 valence electrons. The van der Waals surface area contributed by atoms with Crippen LogP contribution in [-0.2, 0) is 48.8 Å². The first-order valence-corrected chi connectivity index (χ1v) is 27.0. The van der Waals surface area contributed by atoms with E-state index in [0.29, 0.717) is 64.3 Å². The molecule has 1 spiro atoms. The zero-order valence-electron chi connectivity index (χ0n) is 44.3. The summed E-state index contributed by atoms with van der Waals surface area (Å²) >= 11 is 0. The van der Waals surface area contributed by atoms with Crippen molar-refractivity contribution in [3.63, 3.8) is 0 Å². The average molecular weight is 1080 g/mol. The number of ether oxygens (including phenoxy) is 5. The lowest BCUT2D eigenvalue weighted by atomic mass is 9.64. The predicted octanol–water partition coefficient (Wildman–Crippen LogP) is 9.01. The zero-order chi connectivity index (χ0) is 55.7. The van der Waals surface area contributed by atoms with Gasteiger partial charge in [-0.3, -0.25) is 29.4 Å². The van der Waals surface area contributed by atoms with Crippen LogP contribution in [0.5, 0.6) is 17.2 Å². The molecule has 0 bridgehead atoms. The first kappa shape index (κ1) is 53.4. The van der Waals surface area contributed by atoms with E-state index in [1.54, 1.807) is 54.5 Å². The summed E-state index contributed by atoms with van der Waals surface area (Å²) in [5, 5.41) is 33.1. The minimum Gasteiger partial charge on any atom is -0.493 e. The molecule has 5 aliphatic rings. The molecule has 4 aliphatic heterocycles. The molecule has 3 fully saturated rings.